The van der Waals surface area contributed by atoms with E-state index in [9.17, 15) is 9.90 Å². The number of piperidine rings is 1. The molecule has 2 atom stereocenters. The first-order valence-corrected chi connectivity index (χ1v) is 10.1. The van der Waals surface area contributed by atoms with Gasteiger partial charge in [-0.05, 0) is 35.9 Å². The molecule has 1 fully saturated rings. The van der Waals surface area contributed by atoms with Crippen LogP contribution in [-0.4, -0.2) is 44.9 Å². The predicted molar refractivity (Wildman–Crippen MR) is 106 cm³/mol. The number of carbonyl (C=O) groups is 1. The molecule has 3 heterocycles. The molecule has 0 bridgehead atoms. The molecule has 0 unspecified atom stereocenters. The zero-order valence-electron chi connectivity index (χ0n) is 15.3. The second-order valence-corrected chi connectivity index (χ2v) is 8.04. The minimum Gasteiger partial charge on any atom is -0.391 e. The van der Waals surface area contributed by atoms with Crippen LogP contribution in [0, 0.1) is 6.92 Å². The van der Waals surface area contributed by atoms with Gasteiger partial charge in [-0.25, -0.2) is 0 Å². The fourth-order valence-corrected chi connectivity index (χ4v) is 4.82. The van der Waals surface area contributed by atoms with Gasteiger partial charge < -0.3 is 10.0 Å². The summed E-state index contributed by atoms with van der Waals surface area (Å²) in [6.45, 7) is 3.74. The van der Waals surface area contributed by atoms with Crippen molar-refractivity contribution in [2.45, 2.75) is 31.9 Å². The van der Waals surface area contributed by atoms with Crippen molar-refractivity contribution in [1.29, 1.82) is 0 Å². The van der Waals surface area contributed by atoms with Crippen LogP contribution in [0.2, 0.25) is 0 Å². The predicted octanol–water partition coefficient (Wildman–Crippen LogP) is 3.29. The molecule has 1 N–H and O–H groups in total. The lowest BCUT2D eigenvalue weighted by molar-refractivity contribution is 0.0387. The standard InChI is InChI=1S/C21H23N3O2S/c1-15-8-10-27-20(15)18-7-9-23(14-19(18)25)21(26)17-11-22-24(13-17)12-16-5-3-2-4-6-16/h2-6,8,10-11,13,18-19,25H,7,9,12,14H2,1H3/t18-,19-/m1/s1. The second kappa shape index (κ2) is 7.66. The van der Waals surface area contributed by atoms with Crippen LogP contribution in [0.15, 0.2) is 54.2 Å². The number of β-amino-alcohol motifs (C(OH)–C–C–N with tert-alkyl or cyclic N) is 1. The van der Waals surface area contributed by atoms with Crippen LogP contribution < -0.4 is 0 Å². The molecular formula is C21H23N3O2S. The number of aryl methyl sites for hydroxylation is 1. The van der Waals surface area contributed by atoms with Crippen LogP contribution >= 0.6 is 11.3 Å². The average Bonchev–Trinajstić information content (AvgIpc) is 3.31. The molecule has 1 amide bonds. The van der Waals surface area contributed by atoms with Gasteiger partial charge >= 0.3 is 0 Å². The van der Waals surface area contributed by atoms with Gasteiger partial charge in [0.1, 0.15) is 0 Å². The van der Waals surface area contributed by atoms with Crippen molar-refractivity contribution in [3.8, 4) is 0 Å². The molecule has 0 radical (unpaired) electrons. The quantitative estimate of drug-likeness (QED) is 0.754. The van der Waals surface area contributed by atoms with E-state index >= 15 is 0 Å². The van der Waals surface area contributed by atoms with E-state index < -0.39 is 6.10 Å². The molecule has 1 aliphatic rings. The van der Waals surface area contributed by atoms with E-state index in [1.165, 1.54) is 10.4 Å². The molecule has 0 aliphatic carbocycles. The number of carbonyl (C=O) groups excluding carboxylic acids is 1. The van der Waals surface area contributed by atoms with E-state index in [4.69, 9.17) is 0 Å². The Hall–Kier alpha value is -2.44. The van der Waals surface area contributed by atoms with Gasteiger partial charge in [-0.3, -0.25) is 9.48 Å². The summed E-state index contributed by atoms with van der Waals surface area (Å²) >= 11 is 1.69. The van der Waals surface area contributed by atoms with Crippen LogP contribution in [0.1, 0.15) is 38.7 Å². The molecule has 3 aromatic rings. The van der Waals surface area contributed by atoms with Gasteiger partial charge in [-0.15, -0.1) is 11.3 Å². The van der Waals surface area contributed by atoms with Gasteiger partial charge in [0, 0.05) is 30.1 Å². The Morgan fingerprint density at radius 1 is 1.30 bits per heavy atom. The zero-order chi connectivity index (χ0) is 18.8. The lowest BCUT2D eigenvalue weighted by Crippen LogP contribution is -2.45. The summed E-state index contributed by atoms with van der Waals surface area (Å²) in [6.07, 6.45) is 3.66. The van der Waals surface area contributed by atoms with E-state index in [2.05, 4.69) is 23.5 Å². The second-order valence-electron chi connectivity index (χ2n) is 7.09. The van der Waals surface area contributed by atoms with Gasteiger partial charge in [-0.2, -0.15) is 5.10 Å². The Kier molecular flexibility index (Phi) is 5.09. The summed E-state index contributed by atoms with van der Waals surface area (Å²) in [5.74, 6) is 0.0598. The third-order valence-corrected chi connectivity index (χ3v) is 6.33. The molecule has 4 rings (SSSR count). The van der Waals surface area contributed by atoms with E-state index in [-0.39, 0.29) is 11.8 Å². The molecule has 5 nitrogen and oxygen atoms in total. The number of amides is 1. The Balaban J connectivity index is 1.41. The summed E-state index contributed by atoms with van der Waals surface area (Å²) in [5.41, 5.74) is 2.94. The first kappa shape index (κ1) is 17.9. The van der Waals surface area contributed by atoms with Crippen LogP contribution in [0.5, 0.6) is 0 Å². The van der Waals surface area contributed by atoms with E-state index in [0.717, 1.165) is 12.0 Å². The average molecular weight is 382 g/mol. The van der Waals surface area contributed by atoms with E-state index in [0.29, 0.717) is 25.2 Å². The van der Waals surface area contributed by atoms with Crippen molar-refractivity contribution in [2.75, 3.05) is 13.1 Å². The summed E-state index contributed by atoms with van der Waals surface area (Å²) in [6, 6.07) is 12.1. The molecule has 0 spiro atoms. The zero-order valence-corrected chi connectivity index (χ0v) is 16.1. The normalized spacial score (nSPS) is 20.0. The van der Waals surface area contributed by atoms with Gasteiger partial charge in [-0.1, -0.05) is 30.3 Å². The minimum atomic E-state index is -0.528. The summed E-state index contributed by atoms with van der Waals surface area (Å²) in [4.78, 5) is 15.8. The van der Waals surface area contributed by atoms with Crippen molar-refractivity contribution in [2.24, 2.45) is 0 Å². The van der Waals surface area contributed by atoms with Crippen LogP contribution in [0.4, 0.5) is 0 Å². The highest BCUT2D eigenvalue weighted by atomic mass is 32.1. The topological polar surface area (TPSA) is 58.4 Å². The first-order valence-electron chi connectivity index (χ1n) is 9.19. The highest BCUT2D eigenvalue weighted by molar-refractivity contribution is 7.10. The largest absolute Gasteiger partial charge is 0.391 e. The van der Waals surface area contributed by atoms with Crippen molar-refractivity contribution < 1.29 is 9.90 Å². The molecule has 1 aliphatic heterocycles. The number of hydrogen-bond donors (Lipinski definition) is 1. The lowest BCUT2D eigenvalue weighted by atomic mass is 9.90. The number of hydrogen-bond acceptors (Lipinski definition) is 4. The first-order chi connectivity index (χ1) is 13.1. The van der Waals surface area contributed by atoms with Gasteiger partial charge in [0.15, 0.2) is 0 Å². The smallest absolute Gasteiger partial charge is 0.257 e. The van der Waals surface area contributed by atoms with Crippen molar-refractivity contribution in [1.82, 2.24) is 14.7 Å². The number of nitrogens with zero attached hydrogens (tertiary/aromatic N) is 3. The molecule has 2 aromatic heterocycles. The molecule has 1 saturated heterocycles. The maximum absolute atomic E-state index is 12.8. The highest BCUT2D eigenvalue weighted by Gasteiger charge is 2.33. The Morgan fingerprint density at radius 3 is 2.81 bits per heavy atom. The van der Waals surface area contributed by atoms with Gasteiger partial charge in [0.2, 0.25) is 0 Å². The lowest BCUT2D eigenvalue weighted by Gasteiger charge is -2.35. The highest BCUT2D eigenvalue weighted by Crippen LogP contribution is 2.34. The number of thiophene rings is 1. The third kappa shape index (κ3) is 3.82. The summed E-state index contributed by atoms with van der Waals surface area (Å²) in [7, 11) is 0. The van der Waals surface area contributed by atoms with Gasteiger partial charge in [0.25, 0.3) is 5.91 Å². The fourth-order valence-electron chi connectivity index (χ4n) is 3.70. The summed E-state index contributed by atoms with van der Waals surface area (Å²) in [5, 5.41) is 17.0. The summed E-state index contributed by atoms with van der Waals surface area (Å²) < 4.78 is 1.78. The number of aromatic nitrogens is 2. The molecule has 0 saturated carbocycles. The van der Waals surface area contributed by atoms with Crippen LogP contribution in [-0.2, 0) is 6.54 Å². The molecule has 140 valence electrons. The molecular weight excluding hydrogens is 358 g/mol. The third-order valence-electron chi connectivity index (χ3n) is 5.18. The minimum absolute atomic E-state index is 0.0605. The number of benzene rings is 1. The maximum Gasteiger partial charge on any atom is 0.257 e. The number of likely N-dealkylation sites (tertiary alicyclic amines) is 1. The van der Waals surface area contributed by atoms with Crippen LogP contribution in [0.25, 0.3) is 0 Å². The van der Waals surface area contributed by atoms with Crippen LogP contribution in [0.3, 0.4) is 0 Å². The van der Waals surface area contributed by atoms with Gasteiger partial charge in [0.05, 0.1) is 24.4 Å². The molecule has 6 heteroatoms. The number of aliphatic hydroxyl groups excluding tert-OH is 1. The molecule has 1 aromatic carbocycles. The Labute approximate surface area is 162 Å². The van der Waals surface area contributed by atoms with E-state index in [1.807, 2.05) is 30.3 Å². The monoisotopic (exact) mass is 381 g/mol. The fraction of sp³-hybridized carbons (Fsp3) is 0.333. The number of rotatable bonds is 4. The van der Waals surface area contributed by atoms with Crippen molar-refractivity contribution >= 4 is 17.2 Å². The number of aliphatic hydroxyl groups is 1. The molecule has 27 heavy (non-hydrogen) atoms. The van der Waals surface area contributed by atoms with Crippen molar-refractivity contribution in [3.63, 3.8) is 0 Å². The SMILES string of the molecule is Cc1ccsc1[C@@H]1CCN(C(=O)c2cnn(Cc3ccccc3)c2)C[C@H]1O. The van der Waals surface area contributed by atoms with Crippen molar-refractivity contribution in [3.05, 3.63) is 75.7 Å². The maximum atomic E-state index is 12.8. The Morgan fingerprint density at radius 2 is 2.11 bits per heavy atom. The van der Waals surface area contributed by atoms with E-state index in [1.54, 1.807) is 33.3 Å². The Bertz CT molecular complexity index is 918.